The molecule has 0 aromatic heterocycles. The smallest absolute Gasteiger partial charge is 0.0373 e. The Morgan fingerprint density at radius 3 is 2.65 bits per heavy atom. The van der Waals surface area contributed by atoms with Crippen LogP contribution in [0.2, 0.25) is 0 Å². The normalized spacial score (nSPS) is 13.3. The Balaban J connectivity index is 2.06. The average molecular weight is 288 g/mol. The molecule has 0 spiro atoms. The van der Waals surface area contributed by atoms with Crippen molar-refractivity contribution in [3.8, 4) is 11.1 Å². The molecular formula is C15H14BrN. The van der Waals surface area contributed by atoms with E-state index in [9.17, 15) is 0 Å². The number of anilines is 1. The van der Waals surface area contributed by atoms with Gasteiger partial charge in [0.25, 0.3) is 0 Å². The van der Waals surface area contributed by atoms with Gasteiger partial charge in [-0.2, -0.15) is 0 Å². The number of aryl methyl sites for hydroxylation is 1. The van der Waals surface area contributed by atoms with Crippen LogP contribution >= 0.6 is 15.9 Å². The Bertz CT molecular complexity index is 575. The SMILES string of the molecule is Cc1cc(-c2ccc3c(c2)CCN3)ccc1Br. The molecule has 0 saturated carbocycles. The lowest BCUT2D eigenvalue weighted by Gasteiger charge is -2.07. The maximum absolute atomic E-state index is 3.54. The standard InChI is InChI=1S/C15H14BrN/c1-10-8-11(2-4-14(10)16)12-3-5-15-13(9-12)6-7-17-15/h2-5,8-9,17H,6-7H2,1H3. The number of halogens is 1. The maximum Gasteiger partial charge on any atom is 0.0373 e. The van der Waals surface area contributed by atoms with Gasteiger partial charge >= 0.3 is 0 Å². The van der Waals surface area contributed by atoms with Crippen LogP contribution in [0.5, 0.6) is 0 Å². The second kappa shape index (κ2) is 4.19. The highest BCUT2D eigenvalue weighted by atomic mass is 79.9. The summed E-state index contributed by atoms with van der Waals surface area (Å²) >= 11 is 3.54. The zero-order valence-corrected chi connectivity index (χ0v) is 11.3. The fourth-order valence-corrected chi connectivity index (χ4v) is 2.56. The molecule has 1 nitrogen and oxygen atoms in total. The first-order chi connectivity index (χ1) is 8.24. The van der Waals surface area contributed by atoms with Crippen molar-refractivity contribution in [3.63, 3.8) is 0 Å². The first kappa shape index (κ1) is 10.8. The molecule has 2 heteroatoms. The van der Waals surface area contributed by atoms with Gasteiger partial charge in [-0.3, -0.25) is 0 Å². The van der Waals surface area contributed by atoms with E-state index in [4.69, 9.17) is 0 Å². The summed E-state index contributed by atoms with van der Waals surface area (Å²) in [7, 11) is 0. The summed E-state index contributed by atoms with van der Waals surface area (Å²) in [4.78, 5) is 0. The van der Waals surface area contributed by atoms with Crippen LogP contribution < -0.4 is 5.32 Å². The summed E-state index contributed by atoms with van der Waals surface area (Å²) < 4.78 is 1.17. The van der Waals surface area contributed by atoms with Gasteiger partial charge in [0.2, 0.25) is 0 Å². The van der Waals surface area contributed by atoms with Crippen LogP contribution in [0.4, 0.5) is 5.69 Å². The molecular weight excluding hydrogens is 274 g/mol. The molecule has 0 bridgehead atoms. The lowest BCUT2D eigenvalue weighted by atomic mass is 10.0. The predicted octanol–water partition coefficient (Wildman–Crippen LogP) is 4.39. The zero-order valence-electron chi connectivity index (χ0n) is 9.76. The van der Waals surface area contributed by atoms with Crippen LogP contribution in [0.15, 0.2) is 40.9 Å². The fourth-order valence-electron chi connectivity index (χ4n) is 2.31. The van der Waals surface area contributed by atoms with Crippen molar-refractivity contribution in [1.82, 2.24) is 0 Å². The van der Waals surface area contributed by atoms with Crippen LogP contribution in [-0.2, 0) is 6.42 Å². The third kappa shape index (κ3) is 1.98. The zero-order chi connectivity index (χ0) is 11.8. The molecule has 0 unspecified atom stereocenters. The van der Waals surface area contributed by atoms with E-state index in [1.807, 2.05) is 0 Å². The third-order valence-electron chi connectivity index (χ3n) is 3.31. The molecule has 86 valence electrons. The van der Waals surface area contributed by atoms with Gasteiger partial charge < -0.3 is 5.32 Å². The van der Waals surface area contributed by atoms with Crippen molar-refractivity contribution in [2.24, 2.45) is 0 Å². The Kier molecular flexibility index (Phi) is 2.67. The van der Waals surface area contributed by atoms with Crippen molar-refractivity contribution in [2.75, 3.05) is 11.9 Å². The number of benzene rings is 2. The minimum absolute atomic E-state index is 1.07. The van der Waals surface area contributed by atoms with Crippen LogP contribution in [0.1, 0.15) is 11.1 Å². The van der Waals surface area contributed by atoms with E-state index in [-0.39, 0.29) is 0 Å². The van der Waals surface area contributed by atoms with Crippen molar-refractivity contribution in [2.45, 2.75) is 13.3 Å². The predicted molar refractivity (Wildman–Crippen MR) is 76.5 cm³/mol. The monoisotopic (exact) mass is 287 g/mol. The van der Waals surface area contributed by atoms with Gasteiger partial charge in [0.1, 0.15) is 0 Å². The molecule has 17 heavy (non-hydrogen) atoms. The Morgan fingerprint density at radius 2 is 1.82 bits per heavy atom. The summed E-state index contributed by atoms with van der Waals surface area (Å²) in [6, 6.07) is 13.2. The number of rotatable bonds is 1. The van der Waals surface area contributed by atoms with Crippen LogP contribution in [0.25, 0.3) is 11.1 Å². The highest BCUT2D eigenvalue weighted by molar-refractivity contribution is 9.10. The molecule has 2 aromatic carbocycles. The van der Waals surface area contributed by atoms with Crippen LogP contribution in [-0.4, -0.2) is 6.54 Å². The number of nitrogens with one attached hydrogen (secondary N) is 1. The minimum atomic E-state index is 1.07. The first-order valence-corrected chi connectivity index (χ1v) is 6.67. The van der Waals surface area contributed by atoms with Gasteiger partial charge in [0.05, 0.1) is 0 Å². The van der Waals surface area contributed by atoms with E-state index in [0.29, 0.717) is 0 Å². The van der Waals surface area contributed by atoms with Crippen molar-refractivity contribution in [3.05, 3.63) is 52.0 Å². The van der Waals surface area contributed by atoms with E-state index in [1.165, 1.54) is 32.4 Å². The number of hydrogen-bond acceptors (Lipinski definition) is 1. The average Bonchev–Trinajstić information content (AvgIpc) is 2.79. The Labute approximate surface area is 110 Å². The van der Waals surface area contributed by atoms with Gasteiger partial charge in [-0.05, 0) is 53.8 Å². The third-order valence-corrected chi connectivity index (χ3v) is 4.20. The van der Waals surface area contributed by atoms with E-state index in [1.54, 1.807) is 0 Å². The Hall–Kier alpha value is -1.28. The molecule has 0 atom stereocenters. The Morgan fingerprint density at radius 1 is 1.06 bits per heavy atom. The summed E-state index contributed by atoms with van der Waals surface area (Å²) in [5.41, 5.74) is 6.61. The molecule has 1 aliphatic rings. The van der Waals surface area contributed by atoms with Gasteiger partial charge in [0.15, 0.2) is 0 Å². The number of fused-ring (bicyclic) bond motifs is 1. The highest BCUT2D eigenvalue weighted by Crippen LogP contribution is 2.30. The molecule has 0 fully saturated rings. The van der Waals surface area contributed by atoms with Crippen molar-refractivity contribution in [1.29, 1.82) is 0 Å². The molecule has 0 aliphatic carbocycles. The largest absolute Gasteiger partial charge is 0.384 e. The summed E-state index contributed by atoms with van der Waals surface area (Å²) in [6.45, 7) is 3.20. The van der Waals surface area contributed by atoms with Crippen LogP contribution in [0, 0.1) is 6.92 Å². The maximum atomic E-state index is 3.54. The number of hydrogen-bond donors (Lipinski definition) is 1. The molecule has 3 rings (SSSR count). The lowest BCUT2D eigenvalue weighted by Crippen LogP contribution is -1.90. The molecule has 1 heterocycles. The van der Waals surface area contributed by atoms with Gasteiger partial charge in [-0.15, -0.1) is 0 Å². The fraction of sp³-hybridized carbons (Fsp3) is 0.200. The molecule has 1 N–H and O–H groups in total. The molecule has 1 aliphatic heterocycles. The highest BCUT2D eigenvalue weighted by Gasteiger charge is 2.10. The molecule has 0 amide bonds. The van der Waals surface area contributed by atoms with Crippen molar-refractivity contribution >= 4 is 21.6 Å². The van der Waals surface area contributed by atoms with Gasteiger partial charge in [-0.25, -0.2) is 0 Å². The second-order valence-electron chi connectivity index (χ2n) is 4.51. The molecule has 2 aromatic rings. The minimum Gasteiger partial charge on any atom is -0.384 e. The quantitative estimate of drug-likeness (QED) is 0.820. The van der Waals surface area contributed by atoms with Crippen molar-refractivity contribution < 1.29 is 0 Å². The first-order valence-electron chi connectivity index (χ1n) is 5.87. The van der Waals surface area contributed by atoms with E-state index in [0.717, 1.165) is 13.0 Å². The topological polar surface area (TPSA) is 12.0 Å². The lowest BCUT2D eigenvalue weighted by molar-refractivity contribution is 1.11. The summed E-state index contributed by atoms with van der Waals surface area (Å²) in [5, 5.41) is 3.39. The second-order valence-corrected chi connectivity index (χ2v) is 5.37. The van der Waals surface area contributed by atoms with E-state index >= 15 is 0 Å². The summed E-state index contributed by atoms with van der Waals surface area (Å²) in [6.07, 6.45) is 1.14. The van der Waals surface area contributed by atoms with Gasteiger partial charge in [-0.1, -0.05) is 34.1 Å². The van der Waals surface area contributed by atoms with E-state index < -0.39 is 0 Å². The van der Waals surface area contributed by atoms with E-state index in [2.05, 4.69) is 64.6 Å². The molecule has 0 radical (unpaired) electrons. The summed E-state index contributed by atoms with van der Waals surface area (Å²) in [5.74, 6) is 0. The van der Waals surface area contributed by atoms with Gasteiger partial charge in [0, 0.05) is 16.7 Å². The van der Waals surface area contributed by atoms with Crippen LogP contribution in [0.3, 0.4) is 0 Å². The molecule has 0 saturated heterocycles.